The first-order chi connectivity index (χ1) is 10.9. The van der Waals surface area contributed by atoms with Gasteiger partial charge < -0.3 is 20.7 Å². The molecule has 1 atom stereocenters. The highest BCUT2D eigenvalue weighted by atomic mass is 79.9. The van der Waals surface area contributed by atoms with Crippen molar-refractivity contribution >= 4 is 27.8 Å². The monoisotopic (exact) mass is 384 g/mol. The van der Waals surface area contributed by atoms with Gasteiger partial charge in [0.25, 0.3) is 0 Å². The average Bonchev–Trinajstić information content (AvgIpc) is 2.49. The van der Waals surface area contributed by atoms with Crippen molar-refractivity contribution in [3.63, 3.8) is 0 Å². The van der Waals surface area contributed by atoms with E-state index in [0.29, 0.717) is 32.1 Å². The van der Waals surface area contributed by atoms with Crippen molar-refractivity contribution in [2.75, 3.05) is 27.3 Å². The van der Waals surface area contributed by atoms with E-state index < -0.39 is 0 Å². The molecule has 1 amide bonds. The zero-order valence-electron chi connectivity index (χ0n) is 13.9. The third kappa shape index (κ3) is 7.47. The van der Waals surface area contributed by atoms with Crippen LogP contribution >= 0.6 is 15.9 Å². The lowest BCUT2D eigenvalue weighted by Gasteiger charge is -2.18. The number of nitrogens with zero attached hydrogens (tertiary/aromatic N) is 2. The van der Waals surface area contributed by atoms with E-state index in [4.69, 9.17) is 10.5 Å². The number of benzene rings is 1. The van der Waals surface area contributed by atoms with Crippen LogP contribution in [0.4, 0.5) is 0 Å². The quantitative estimate of drug-likeness (QED) is 0.528. The van der Waals surface area contributed by atoms with Gasteiger partial charge in [0.15, 0.2) is 5.96 Å². The number of amides is 1. The van der Waals surface area contributed by atoms with Crippen molar-refractivity contribution in [3.8, 4) is 0 Å². The Morgan fingerprint density at radius 3 is 2.83 bits per heavy atom. The Kier molecular flexibility index (Phi) is 8.65. The van der Waals surface area contributed by atoms with Crippen molar-refractivity contribution in [1.29, 1.82) is 0 Å². The number of ether oxygens (including phenoxy) is 1. The van der Waals surface area contributed by atoms with Gasteiger partial charge in [0.2, 0.25) is 5.91 Å². The molecule has 23 heavy (non-hydrogen) atoms. The van der Waals surface area contributed by atoms with Crippen LogP contribution in [0.2, 0.25) is 0 Å². The molecule has 1 unspecified atom stereocenters. The van der Waals surface area contributed by atoms with Crippen molar-refractivity contribution < 1.29 is 9.53 Å². The van der Waals surface area contributed by atoms with Gasteiger partial charge in [-0.1, -0.05) is 34.1 Å². The summed E-state index contributed by atoms with van der Waals surface area (Å²) >= 11 is 3.49. The molecule has 0 saturated heterocycles. The van der Waals surface area contributed by atoms with Gasteiger partial charge in [-0.25, -0.2) is 0 Å². The second-order valence-electron chi connectivity index (χ2n) is 5.36. The van der Waals surface area contributed by atoms with E-state index in [1.165, 1.54) is 0 Å². The number of methoxy groups -OCH3 is 1. The SMILES string of the molecule is COCC(C)NC(N)=NCCC(=O)N(C)Cc1ccccc1Br. The van der Waals surface area contributed by atoms with Crippen molar-refractivity contribution in [3.05, 3.63) is 34.3 Å². The van der Waals surface area contributed by atoms with Gasteiger partial charge in [0, 0.05) is 37.6 Å². The van der Waals surface area contributed by atoms with Gasteiger partial charge in [0.1, 0.15) is 0 Å². The highest BCUT2D eigenvalue weighted by Crippen LogP contribution is 2.17. The Morgan fingerprint density at radius 1 is 1.48 bits per heavy atom. The van der Waals surface area contributed by atoms with Crippen molar-refractivity contribution in [1.82, 2.24) is 10.2 Å². The smallest absolute Gasteiger partial charge is 0.224 e. The van der Waals surface area contributed by atoms with Gasteiger partial charge in [0.05, 0.1) is 13.2 Å². The topological polar surface area (TPSA) is 80.0 Å². The second kappa shape index (κ2) is 10.2. The summed E-state index contributed by atoms with van der Waals surface area (Å²) < 4.78 is 6.01. The number of halogens is 1. The van der Waals surface area contributed by atoms with E-state index in [1.54, 1.807) is 19.1 Å². The molecular formula is C16H25BrN4O2. The van der Waals surface area contributed by atoms with Crippen molar-refractivity contribution in [2.24, 2.45) is 10.7 Å². The zero-order valence-corrected chi connectivity index (χ0v) is 15.5. The zero-order chi connectivity index (χ0) is 17.2. The molecular weight excluding hydrogens is 360 g/mol. The second-order valence-corrected chi connectivity index (χ2v) is 6.21. The summed E-state index contributed by atoms with van der Waals surface area (Å²) in [6.07, 6.45) is 0.321. The van der Waals surface area contributed by atoms with E-state index >= 15 is 0 Å². The van der Waals surface area contributed by atoms with Crippen LogP contribution in [0.25, 0.3) is 0 Å². The van der Waals surface area contributed by atoms with Crippen LogP contribution in [0.15, 0.2) is 33.7 Å². The van der Waals surface area contributed by atoms with Gasteiger partial charge in [-0.2, -0.15) is 0 Å². The normalized spacial score (nSPS) is 12.8. The Hall–Kier alpha value is -1.60. The standard InChI is InChI=1S/C16H25BrN4O2/c1-12(11-23-3)20-16(18)19-9-8-15(22)21(2)10-13-6-4-5-7-14(13)17/h4-7,12H,8-11H2,1-3H3,(H3,18,19,20). The number of hydrogen-bond acceptors (Lipinski definition) is 3. The minimum Gasteiger partial charge on any atom is -0.383 e. The number of hydrogen-bond donors (Lipinski definition) is 2. The number of carbonyl (C=O) groups excluding carboxylic acids is 1. The molecule has 0 aromatic heterocycles. The molecule has 0 saturated carbocycles. The van der Waals surface area contributed by atoms with Gasteiger partial charge >= 0.3 is 0 Å². The third-order valence-electron chi connectivity index (χ3n) is 3.21. The predicted octanol–water partition coefficient (Wildman–Crippen LogP) is 1.74. The van der Waals surface area contributed by atoms with E-state index in [0.717, 1.165) is 10.0 Å². The van der Waals surface area contributed by atoms with Gasteiger partial charge in [-0.05, 0) is 18.6 Å². The summed E-state index contributed by atoms with van der Waals surface area (Å²) in [6, 6.07) is 7.94. The third-order valence-corrected chi connectivity index (χ3v) is 3.98. The van der Waals surface area contributed by atoms with Crippen LogP contribution in [-0.4, -0.2) is 50.1 Å². The van der Waals surface area contributed by atoms with Crippen LogP contribution in [0.1, 0.15) is 18.9 Å². The number of nitrogens with two attached hydrogens (primary N) is 1. The predicted molar refractivity (Wildman–Crippen MR) is 96.2 cm³/mol. The maximum Gasteiger partial charge on any atom is 0.224 e. The molecule has 0 aliphatic carbocycles. The molecule has 0 aliphatic rings. The number of carbonyl (C=O) groups is 1. The molecule has 0 aliphatic heterocycles. The first kappa shape index (κ1) is 19.4. The fourth-order valence-corrected chi connectivity index (χ4v) is 2.43. The molecule has 1 aromatic carbocycles. The summed E-state index contributed by atoms with van der Waals surface area (Å²) in [4.78, 5) is 18.0. The lowest BCUT2D eigenvalue weighted by molar-refractivity contribution is -0.130. The molecule has 0 bridgehead atoms. The average molecular weight is 385 g/mol. The van der Waals surface area contributed by atoms with Crippen LogP contribution in [0, 0.1) is 0 Å². The first-order valence-electron chi connectivity index (χ1n) is 7.46. The van der Waals surface area contributed by atoms with E-state index in [1.807, 2.05) is 31.2 Å². The van der Waals surface area contributed by atoms with Crippen LogP contribution in [-0.2, 0) is 16.1 Å². The van der Waals surface area contributed by atoms with Crippen LogP contribution in [0.5, 0.6) is 0 Å². The first-order valence-corrected chi connectivity index (χ1v) is 8.26. The molecule has 6 nitrogen and oxygen atoms in total. The summed E-state index contributed by atoms with van der Waals surface area (Å²) in [5.74, 6) is 0.359. The fraction of sp³-hybridized carbons (Fsp3) is 0.500. The molecule has 1 aromatic rings. The lowest BCUT2D eigenvalue weighted by Crippen LogP contribution is -2.40. The fourth-order valence-electron chi connectivity index (χ4n) is 2.02. The Morgan fingerprint density at radius 2 is 2.17 bits per heavy atom. The maximum atomic E-state index is 12.1. The van der Waals surface area contributed by atoms with Crippen molar-refractivity contribution in [2.45, 2.75) is 25.9 Å². The summed E-state index contributed by atoms with van der Waals surface area (Å²) in [5.41, 5.74) is 6.83. The van der Waals surface area contributed by atoms with Crippen LogP contribution < -0.4 is 11.1 Å². The molecule has 3 N–H and O–H groups in total. The number of rotatable bonds is 8. The minimum absolute atomic E-state index is 0.0299. The van der Waals surface area contributed by atoms with E-state index in [2.05, 4.69) is 26.2 Å². The van der Waals surface area contributed by atoms with Crippen LogP contribution in [0.3, 0.4) is 0 Å². The molecule has 128 valence electrons. The minimum atomic E-state index is 0.0299. The van der Waals surface area contributed by atoms with Gasteiger partial charge in [-0.3, -0.25) is 9.79 Å². The molecule has 0 radical (unpaired) electrons. The number of nitrogens with one attached hydrogen (secondary N) is 1. The summed E-state index contributed by atoms with van der Waals surface area (Å²) in [5, 5.41) is 3.00. The lowest BCUT2D eigenvalue weighted by atomic mass is 10.2. The Balaban J connectivity index is 2.39. The number of guanidine groups is 1. The highest BCUT2D eigenvalue weighted by Gasteiger charge is 2.10. The summed E-state index contributed by atoms with van der Waals surface area (Å²) in [6.45, 7) is 3.41. The Labute approximate surface area is 146 Å². The number of aliphatic imine (C=N–C) groups is 1. The molecule has 0 heterocycles. The summed E-state index contributed by atoms with van der Waals surface area (Å²) in [7, 11) is 3.42. The van der Waals surface area contributed by atoms with E-state index in [9.17, 15) is 4.79 Å². The maximum absolute atomic E-state index is 12.1. The van der Waals surface area contributed by atoms with Gasteiger partial charge in [-0.15, -0.1) is 0 Å². The Bertz CT molecular complexity index is 537. The molecule has 0 fully saturated rings. The highest BCUT2D eigenvalue weighted by molar-refractivity contribution is 9.10. The van der Waals surface area contributed by atoms with E-state index in [-0.39, 0.29) is 11.9 Å². The molecule has 7 heteroatoms. The largest absolute Gasteiger partial charge is 0.383 e. The molecule has 1 rings (SSSR count). The molecule has 0 spiro atoms.